The summed E-state index contributed by atoms with van der Waals surface area (Å²) in [7, 11) is 0. The number of carbonyl (C=O) groups excluding carboxylic acids is 1. The maximum Gasteiger partial charge on any atom is 0.279 e. The first-order valence-corrected chi connectivity index (χ1v) is 8.26. The average Bonchev–Trinajstić information content (AvgIpc) is 2.45. The van der Waals surface area contributed by atoms with Gasteiger partial charge in [0.05, 0.1) is 16.6 Å². The predicted octanol–water partition coefficient (Wildman–Crippen LogP) is 0.125. The zero-order chi connectivity index (χ0) is 15.2. The highest BCUT2D eigenvalue weighted by Gasteiger charge is 2.24. The van der Waals surface area contributed by atoms with Crippen molar-refractivity contribution in [3.8, 4) is 0 Å². The Balaban J connectivity index is 1.78. The van der Waals surface area contributed by atoms with Gasteiger partial charge in [-0.05, 0) is 24.6 Å². The molecule has 2 rings (SSSR count). The molecule has 0 radical (unpaired) electrons. The second kappa shape index (κ2) is 7.99. The molecule has 4 nitrogen and oxygen atoms in total. The molecule has 0 spiro atoms. The Morgan fingerprint density at radius 2 is 1.81 bits per heavy atom. The zero-order valence-electron chi connectivity index (χ0n) is 12.3. The highest BCUT2D eigenvalue weighted by Crippen LogP contribution is 2.24. The maximum absolute atomic E-state index is 12.1. The maximum atomic E-state index is 12.1. The van der Waals surface area contributed by atoms with Gasteiger partial charge in [0.1, 0.15) is 26.2 Å². The van der Waals surface area contributed by atoms with E-state index in [2.05, 4.69) is 12.2 Å². The number of quaternary nitrogens is 2. The number of hydrogen-bond acceptors (Lipinski definition) is 1. The summed E-state index contributed by atoms with van der Waals surface area (Å²) in [5, 5.41) is 3.84. The molecule has 0 aromatic heterocycles. The van der Waals surface area contributed by atoms with Gasteiger partial charge >= 0.3 is 0 Å². The number of anilines is 1. The van der Waals surface area contributed by atoms with Crippen LogP contribution in [0.15, 0.2) is 18.2 Å². The fraction of sp³-hybridized carbons (Fsp3) is 0.533. The SMILES string of the molecule is CCC[NH+]1CC[NH+](CC(=O)Nc2ccc(Cl)c(Cl)c2)CC1. The van der Waals surface area contributed by atoms with Gasteiger partial charge in [0.25, 0.3) is 5.91 Å². The Hall–Kier alpha value is -0.810. The van der Waals surface area contributed by atoms with Crippen molar-refractivity contribution in [3.63, 3.8) is 0 Å². The lowest BCUT2D eigenvalue weighted by Crippen LogP contribution is -3.28. The highest BCUT2D eigenvalue weighted by atomic mass is 35.5. The molecule has 0 bridgehead atoms. The molecule has 1 aliphatic heterocycles. The van der Waals surface area contributed by atoms with Crippen molar-refractivity contribution in [2.45, 2.75) is 13.3 Å². The summed E-state index contributed by atoms with van der Waals surface area (Å²) in [6, 6.07) is 5.14. The number of carbonyl (C=O) groups is 1. The molecule has 116 valence electrons. The summed E-state index contributed by atoms with van der Waals surface area (Å²) in [5.74, 6) is 0.0299. The van der Waals surface area contributed by atoms with Crippen molar-refractivity contribution in [3.05, 3.63) is 28.2 Å². The molecule has 1 aromatic rings. The van der Waals surface area contributed by atoms with Gasteiger partial charge in [-0.2, -0.15) is 0 Å². The van der Waals surface area contributed by atoms with E-state index in [4.69, 9.17) is 23.2 Å². The summed E-state index contributed by atoms with van der Waals surface area (Å²) in [6.45, 7) is 8.40. The van der Waals surface area contributed by atoms with Gasteiger partial charge in [-0.3, -0.25) is 4.79 Å². The number of halogens is 2. The van der Waals surface area contributed by atoms with Crippen molar-refractivity contribution < 1.29 is 14.6 Å². The fourth-order valence-corrected chi connectivity index (χ4v) is 3.04. The van der Waals surface area contributed by atoms with Crippen molar-refractivity contribution in [1.82, 2.24) is 0 Å². The smallest absolute Gasteiger partial charge is 0.279 e. The molecule has 1 fully saturated rings. The molecule has 21 heavy (non-hydrogen) atoms. The monoisotopic (exact) mass is 331 g/mol. The molecule has 3 N–H and O–H groups in total. The molecular weight excluding hydrogens is 309 g/mol. The topological polar surface area (TPSA) is 38.0 Å². The second-order valence-electron chi connectivity index (χ2n) is 5.60. The Labute approximate surface area is 136 Å². The van der Waals surface area contributed by atoms with E-state index in [-0.39, 0.29) is 5.91 Å². The van der Waals surface area contributed by atoms with E-state index in [9.17, 15) is 4.79 Å². The minimum Gasteiger partial charge on any atom is -0.326 e. The van der Waals surface area contributed by atoms with E-state index in [1.807, 2.05) is 0 Å². The van der Waals surface area contributed by atoms with Crippen LogP contribution in [-0.4, -0.2) is 45.2 Å². The number of nitrogens with one attached hydrogen (secondary N) is 3. The highest BCUT2D eigenvalue weighted by molar-refractivity contribution is 6.42. The van der Waals surface area contributed by atoms with Crippen molar-refractivity contribution in [2.75, 3.05) is 44.6 Å². The van der Waals surface area contributed by atoms with Crippen molar-refractivity contribution >= 4 is 34.8 Å². The summed E-state index contributed by atoms with van der Waals surface area (Å²) < 4.78 is 0. The molecular formula is C15H23Cl2N3O+2. The van der Waals surface area contributed by atoms with E-state index in [0.29, 0.717) is 22.3 Å². The third-order valence-electron chi connectivity index (χ3n) is 3.88. The number of rotatable bonds is 5. The van der Waals surface area contributed by atoms with Crippen molar-refractivity contribution in [2.24, 2.45) is 0 Å². The van der Waals surface area contributed by atoms with Crippen LogP contribution in [0.4, 0.5) is 5.69 Å². The fourth-order valence-electron chi connectivity index (χ4n) is 2.74. The van der Waals surface area contributed by atoms with E-state index in [1.54, 1.807) is 23.1 Å². The Bertz CT molecular complexity index is 488. The summed E-state index contributed by atoms with van der Waals surface area (Å²) in [6.07, 6.45) is 1.22. The minimum absolute atomic E-state index is 0.0299. The number of benzene rings is 1. The third-order valence-corrected chi connectivity index (χ3v) is 4.62. The van der Waals surface area contributed by atoms with Crippen LogP contribution in [0.1, 0.15) is 13.3 Å². The summed E-state index contributed by atoms with van der Waals surface area (Å²) >= 11 is 11.8. The average molecular weight is 332 g/mol. The minimum atomic E-state index is 0.0299. The predicted molar refractivity (Wildman–Crippen MR) is 86.5 cm³/mol. The largest absolute Gasteiger partial charge is 0.326 e. The first-order chi connectivity index (χ1) is 10.1. The molecule has 0 saturated carbocycles. The molecule has 0 unspecified atom stereocenters. The zero-order valence-corrected chi connectivity index (χ0v) is 13.9. The van der Waals surface area contributed by atoms with Gasteiger partial charge in [-0.15, -0.1) is 0 Å². The number of hydrogen-bond donors (Lipinski definition) is 3. The summed E-state index contributed by atoms with van der Waals surface area (Å²) in [5.41, 5.74) is 0.698. The van der Waals surface area contributed by atoms with Gasteiger partial charge in [-0.1, -0.05) is 30.1 Å². The van der Waals surface area contributed by atoms with E-state index in [0.717, 1.165) is 26.2 Å². The Morgan fingerprint density at radius 3 is 2.43 bits per heavy atom. The molecule has 6 heteroatoms. The molecule has 0 atom stereocenters. The normalized spacial score (nSPS) is 22.0. The van der Waals surface area contributed by atoms with Crippen LogP contribution < -0.4 is 15.1 Å². The first kappa shape index (κ1) is 16.6. The number of amides is 1. The van der Waals surface area contributed by atoms with Crippen molar-refractivity contribution in [1.29, 1.82) is 0 Å². The first-order valence-electron chi connectivity index (χ1n) is 7.50. The lowest BCUT2D eigenvalue weighted by molar-refractivity contribution is -1.01. The van der Waals surface area contributed by atoms with Crippen LogP contribution in [0.25, 0.3) is 0 Å². The van der Waals surface area contributed by atoms with Gasteiger partial charge in [0.15, 0.2) is 6.54 Å². The molecule has 1 aliphatic rings. The van der Waals surface area contributed by atoms with Gasteiger partial charge in [0.2, 0.25) is 0 Å². The van der Waals surface area contributed by atoms with E-state index < -0.39 is 0 Å². The lowest BCUT2D eigenvalue weighted by Gasteiger charge is -2.29. The van der Waals surface area contributed by atoms with E-state index >= 15 is 0 Å². The molecule has 1 saturated heterocycles. The van der Waals surface area contributed by atoms with Crippen LogP contribution in [0.5, 0.6) is 0 Å². The second-order valence-corrected chi connectivity index (χ2v) is 6.42. The molecule has 0 aliphatic carbocycles. The number of piperazine rings is 1. The van der Waals surface area contributed by atoms with Crippen LogP contribution in [0, 0.1) is 0 Å². The molecule has 1 aromatic carbocycles. The molecule has 1 heterocycles. The quantitative estimate of drug-likeness (QED) is 0.704. The van der Waals surface area contributed by atoms with E-state index in [1.165, 1.54) is 17.9 Å². The third kappa shape index (κ3) is 5.15. The van der Waals surface area contributed by atoms with Gasteiger partial charge in [-0.25, -0.2) is 0 Å². The van der Waals surface area contributed by atoms with Gasteiger partial charge in [0, 0.05) is 5.69 Å². The van der Waals surface area contributed by atoms with Crippen LogP contribution in [0.2, 0.25) is 10.0 Å². The summed E-state index contributed by atoms with van der Waals surface area (Å²) in [4.78, 5) is 15.1. The molecule has 1 amide bonds. The van der Waals surface area contributed by atoms with Gasteiger partial charge < -0.3 is 15.1 Å². The lowest BCUT2D eigenvalue weighted by atomic mass is 10.3. The van der Waals surface area contributed by atoms with Crippen LogP contribution in [0.3, 0.4) is 0 Å². The Morgan fingerprint density at radius 1 is 1.14 bits per heavy atom. The Kier molecular flexibility index (Phi) is 6.30. The standard InChI is InChI=1S/C15H21Cl2N3O/c1-2-5-19-6-8-20(9-7-19)11-15(21)18-12-3-4-13(16)14(17)10-12/h3-4,10H,2,5-9,11H2,1H3,(H,18,21)/p+2. The van der Waals surface area contributed by atoms with Crippen LogP contribution >= 0.6 is 23.2 Å². The van der Waals surface area contributed by atoms with Crippen LogP contribution in [-0.2, 0) is 4.79 Å².